The number of fused-ring (bicyclic) bond motifs is 1. The van der Waals surface area contributed by atoms with Crippen molar-refractivity contribution in [1.82, 2.24) is 15.3 Å². The lowest BCUT2D eigenvalue weighted by molar-refractivity contribution is 0.717. The fourth-order valence-electron chi connectivity index (χ4n) is 2.38. The molecule has 1 aliphatic rings. The van der Waals surface area contributed by atoms with Crippen molar-refractivity contribution in [2.45, 2.75) is 25.7 Å². The maximum absolute atomic E-state index is 4.67. The molecule has 2 aromatic rings. The minimum Gasteiger partial charge on any atom is -0.342 e. The Bertz CT molecular complexity index is 495. The molecule has 1 aliphatic heterocycles. The summed E-state index contributed by atoms with van der Waals surface area (Å²) >= 11 is 0. The first-order valence-electron chi connectivity index (χ1n) is 6.06. The van der Waals surface area contributed by atoms with Crippen molar-refractivity contribution in [2.24, 2.45) is 0 Å². The number of H-pyrrole nitrogens is 1. The van der Waals surface area contributed by atoms with Crippen LogP contribution in [0.2, 0.25) is 0 Å². The summed E-state index contributed by atoms with van der Waals surface area (Å²) < 4.78 is 0. The molecule has 0 spiro atoms. The molecule has 1 aromatic carbocycles. The van der Waals surface area contributed by atoms with E-state index < -0.39 is 0 Å². The average molecular weight is 215 g/mol. The number of benzene rings is 1. The molecule has 3 nitrogen and oxygen atoms in total. The SMILES string of the molecule is CCc1ccc2nc(C3CCNC3)[nH]c2c1. The third kappa shape index (κ3) is 1.61. The van der Waals surface area contributed by atoms with Gasteiger partial charge in [-0.05, 0) is 37.1 Å². The summed E-state index contributed by atoms with van der Waals surface area (Å²) in [7, 11) is 0. The summed E-state index contributed by atoms with van der Waals surface area (Å²) in [6, 6.07) is 6.50. The molecule has 84 valence electrons. The van der Waals surface area contributed by atoms with Crippen molar-refractivity contribution < 1.29 is 0 Å². The topological polar surface area (TPSA) is 40.7 Å². The first-order chi connectivity index (χ1) is 7.86. The zero-order valence-corrected chi connectivity index (χ0v) is 9.59. The second-order valence-corrected chi connectivity index (χ2v) is 4.52. The summed E-state index contributed by atoms with van der Waals surface area (Å²) in [4.78, 5) is 8.14. The van der Waals surface area contributed by atoms with Crippen molar-refractivity contribution in [2.75, 3.05) is 13.1 Å². The van der Waals surface area contributed by atoms with Crippen LogP contribution in [0.1, 0.15) is 30.7 Å². The van der Waals surface area contributed by atoms with Gasteiger partial charge in [-0.2, -0.15) is 0 Å². The Morgan fingerprint density at radius 3 is 3.12 bits per heavy atom. The minimum absolute atomic E-state index is 0.567. The van der Waals surface area contributed by atoms with Gasteiger partial charge in [0.05, 0.1) is 11.0 Å². The fourth-order valence-corrected chi connectivity index (χ4v) is 2.38. The molecule has 0 bridgehead atoms. The van der Waals surface area contributed by atoms with E-state index >= 15 is 0 Å². The molecule has 2 N–H and O–H groups in total. The first-order valence-corrected chi connectivity index (χ1v) is 6.06. The van der Waals surface area contributed by atoms with Crippen molar-refractivity contribution >= 4 is 11.0 Å². The maximum atomic E-state index is 4.67. The number of imidazole rings is 1. The third-order valence-corrected chi connectivity index (χ3v) is 3.42. The van der Waals surface area contributed by atoms with Crippen LogP contribution in [0.4, 0.5) is 0 Å². The van der Waals surface area contributed by atoms with Gasteiger partial charge in [-0.15, -0.1) is 0 Å². The van der Waals surface area contributed by atoms with E-state index in [0.717, 1.165) is 30.9 Å². The Labute approximate surface area is 95.3 Å². The summed E-state index contributed by atoms with van der Waals surface area (Å²) in [5.74, 6) is 1.71. The van der Waals surface area contributed by atoms with Crippen LogP contribution < -0.4 is 5.32 Å². The quantitative estimate of drug-likeness (QED) is 0.806. The van der Waals surface area contributed by atoms with E-state index in [1.165, 1.54) is 17.5 Å². The highest BCUT2D eigenvalue weighted by Gasteiger charge is 2.19. The largest absolute Gasteiger partial charge is 0.342 e. The number of aromatic amines is 1. The molecule has 1 unspecified atom stereocenters. The standard InChI is InChI=1S/C13H17N3/c1-2-9-3-4-11-12(7-9)16-13(15-11)10-5-6-14-8-10/h3-4,7,10,14H,2,5-6,8H2,1H3,(H,15,16). The highest BCUT2D eigenvalue weighted by molar-refractivity contribution is 5.76. The van der Waals surface area contributed by atoms with E-state index in [4.69, 9.17) is 0 Å². The third-order valence-electron chi connectivity index (χ3n) is 3.42. The molecule has 0 amide bonds. The zero-order valence-electron chi connectivity index (χ0n) is 9.59. The van der Waals surface area contributed by atoms with Gasteiger partial charge in [-0.1, -0.05) is 13.0 Å². The van der Waals surface area contributed by atoms with E-state index in [1.807, 2.05) is 0 Å². The molecule has 1 fully saturated rings. The van der Waals surface area contributed by atoms with Crippen LogP contribution in [0.5, 0.6) is 0 Å². The molecular weight excluding hydrogens is 198 g/mol. The smallest absolute Gasteiger partial charge is 0.111 e. The number of aromatic nitrogens is 2. The van der Waals surface area contributed by atoms with E-state index in [1.54, 1.807) is 0 Å². The molecule has 16 heavy (non-hydrogen) atoms. The zero-order chi connectivity index (χ0) is 11.0. The molecule has 1 atom stereocenters. The summed E-state index contributed by atoms with van der Waals surface area (Å²) in [5.41, 5.74) is 3.65. The van der Waals surface area contributed by atoms with Gasteiger partial charge in [0.2, 0.25) is 0 Å². The second-order valence-electron chi connectivity index (χ2n) is 4.52. The van der Waals surface area contributed by atoms with Crippen LogP contribution in [-0.2, 0) is 6.42 Å². The van der Waals surface area contributed by atoms with Crippen LogP contribution in [0.15, 0.2) is 18.2 Å². The molecule has 1 saturated heterocycles. The van der Waals surface area contributed by atoms with Gasteiger partial charge in [-0.25, -0.2) is 4.98 Å². The highest BCUT2D eigenvalue weighted by atomic mass is 15.0. The van der Waals surface area contributed by atoms with Gasteiger partial charge < -0.3 is 10.3 Å². The van der Waals surface area contributed by atoms with Crippen LogP contribution in [0, 0.1) is 0 Å². The predicted octanol–water partition coefficient (Wildman–Crippen LogP) is 2.20. The number of hydrogen-bond acceptors (Lipinski definition) is 2. The number of hydrogen-bond donors (Lipinski definition) is 2. The molecular formula is C13H17N3. The minimum atomic E-state index is 0.567. The Balaban J connectivity index is 2.01. The van der Waals surface area contributed by atoms with E-state index in [0.29, 0.717) is 5.92 Å². The normalized spacial score (nSPS) is 20.7. The molecule has 3 rings (SSSR count). The lowest BCUT2D eigenvalue weighted by Gasteiger charge is -2.01. The van der Waals surface area contributed by atoms with E-state index in [-0.39, 0.29) is 0 Å². The van der Waals surface area contributed by atoms with Crippen molar-refractivity contribution in [3.05, 3.63) is 29.6 Å². The number of aryl methyl sites for hydroxylation is 1. The number of nitrogens with one attached hydrogen (secondary N) is 2. The Kier molecular flexibility index (Phi) is 2.40. The predicted molar refractivity (Wildman–Crippen MR) is 65.7 cm³/mol. The van der Waals surface area contributed by atoms with Gasteiger partial charge >= 0.3 is 0 Å². The molecule has 3 heteroatoms. The number of rotatable bonds is 2. The van der Waals surface area contributed by atoms with Gasteiger partial charge in [0.15, 0.2) is 0 Å². The van der Waals surface area contributed by atoms with Crippen LogP contribution in [0.25, 0.3) is 11.0 Å². The lowest BCUT2D eigenvalue weighted by atomic mass is 10.1. The second kappa shape index (κ2) is 3.91. The van der Waals surface area contributed by atoms with Crippen LogP contribution in [-0.4, -0.2) is 23.1 Å². The van der Waals surface area contributed by atoms with Crippen molar-refractivity contribution in [3.8, 4) is 0 Å². The molecule has 2 heterocycles. The number of nitrogens with zero attached hydrogens (tertiary/aromatic N) is 1. The van der Waals surface area contributed by atoms with Crippen LogP contribution >= 0.6 is 0 Å². The summed E-state index contributed by atoms with van der Waals surface area (Å²) in [5, 5.41) is 3.38. The highest BCUT2D eigenvalue weighted by Crippen LogP contribution is 2.23. The average Bonchev–Trinajstić information content (AvgIpc) is 2.96. The first kappa shape index (κ1) is 9.85. The Morgan fingerprint density at radius 2 is 2.38 bits per heavy atom. The van der Waals surface area contributed by atoms with Crippen molar-refractivity contribution in [3.63, 3.8) is 0 Å². The van der Waals surface area contributed by atoms with Gasteiger partial charge in [0.25, 0.3) is 0 Å². The monoisotopic (exact) mass is 215 g/mol. The van der Waals surface area contributed by atoms with E-state index in [2.05, 4.69) is 40.4 Å². The molecule has 1 aromatic heterocycles. The lowest BCUT2D eigenvalue weighted by Crippen LogP contribution is -2.08. The molecule has 0 aliphatic carbocycles. The summed E-state index contributed by atoms with van der Waals surface area (Å²) in [6.45, 7) is 4.35. The Morgan fingerprint density at radius 1 is 1.44 bits per heavy atom. The summed E-state index contributed by atoms with van der Waals surface area (Å²) in [6.07, 6.45) is 2.27. The van der Waals surface area contributed by atoms with Crippen LogP contribution in [0.3, 0.4) is 0 Å². The van der Waals surface area contributed by atoms with E-state index in [9.17, 15) is 0 Å². The molecule has 0 saturated carbocycles. The maximum Gasteiger partial charge on any atom is 0.111 e. The Hall–Kier alpha value is -1.35. The fraction of sp³-hybridized carbons (Fsp3) is 0.462. The van der Waals surface area contributed by atoms with Crippen molar-refractivity contribution in [1.29, 1.82) is 0 Å². The van der Waals surface area contributed by atoms with Gasteiger partial charge in [0.1, 0.15) is 5.82 Å². The van der Waals surface area contributed by atoms with Gasteiger partial charge in [0, 0.05) is 12.5 Å². The molecule has 0 radical (unpaired) electrons. The van der Waals surface area contributed by atoms with Gasteiger partial charge in [-0.3, -0.25) is 0 Å².